The molecule has 35 heavy (non-hydrogen) atoms. The fourth-order valence-electron chi connectivity index (χ4n) is 4.96. The third kappa shape index (κ3) is 4.64. The maximum atomic E-state index is 13.4. The van der Waals surface area contributed by atoms with Gasteiger partial charge in [0.25, 0.3) is 0 Å². The Bertz CT molecular complexity index is 1330. The lowest BCUT2D eigenvalue weighted by molar-refractivity contribution is 0.249. The first-order valence-electron chi connectivity index (χ1n) is 12.1. The van der Waals surface area contributed by atoms with E-state index in [9.17, 15) is 4.79 Å². The van der Waals surface area contributed by atoms with Gasteiger partial charge in [-0.3, -0.25) is 14.0 Å². The van der Waals surface area contributed by atoms with Crippen molar-refractivity contribution < 1.29 is 9.47 Å². The van der Waals surface area contributed by atoms with Crippen molar-refractivity contribution in [1.82, 2.24) is 14.0 Å². The van der Waals surface area contributed by atoms with Gasteiger partial charge in [-0.15, -0.1) is 0 Å². The molecule has 1 aliphatic rings. The highest BCUT2D eigenvalue weighted by atomic mass is 16.5. The lowest BCUT2D eigenvalue weighted by Crippen LogP contribution is -2.46. The van der Waals surface area contributed by atoms with Crippen LogP contribution in [0.15, 0.2) is 77.6 Å². The van der Waals surface area contributed by atoms with Crippen LogP contribution in [-0.4, -0.2) is 61.0 Å². The summed E-state index contributed by atoms with van der Waals surface area (Å²) >= 11 is 0. The SMILES string of the molecule is COc1ccc(-n2c(=O)n(CCCN3CCN(c4ccccc4OC)CC3)c3ccccc32)cc1. The standard InChI is InChI=1S/C28H32N4O3/c1-34-23-14-12-22(13-15-23)32-25-9-4-3-8-24(25)31(28(32)33)17-7-16-29-18-20-30(21-19-29)26-10-5-6-11-27(26)35-2/h3-6,8-15H,7,16-21H2,1-2H3. The zero-order valence-electron chi connectivity index (χ0n) is 20.4. The van der Waals surface area contributed by atoms with E-state index >= 15 is 0 Å². The molecular weight excluding hydrogens is 440 g/mol. The van der Waals surface area contributed by atoms with Gasteiger partial charge in [-0.05, 0) is 61.5 Å². The highest BCUT2D eigenvalue weighted by Gasteiger charge is 2.20. The number of hydrogen-bond donors (Lipinski definition) is 0. The normalized spacial score (nSPS) is 14.4. The largest absolute Gasteiger partial charge is 0.497 e. The maximum absolute atomic E-state index is 13.4. The van der Waals surface area contributed by atoms with E-state index in [0.29, 0.717) is 6.54 Å². The van der Waals surface area contributed by atoms with Crippen molar-refractivity contribution in [2.24, 2.45) is 0 Å². The molecule has 7 heteroatoms. The predicted octanol–water partition coefficient (Wildman–Crippen LogP) is 4.02. The molecule has 0 unspecified atom stereocenters. The summed E-state index contributed by atoms with van der Waals surface area (Å²) in [7, 11) is 3.37. The molecule has 0 aliphatic carbocycles. The molecule has 0 bridgehead atoms. The maximum Gasteiger partial charge on any atom is 0.333 e. The van der Waals surface area contributed by atoms with Crippen molar-refractivity contribution in [2.45, 2.75) is 13.0 Å². The van der Waals surface area contributed by atoms with Crippen molar-refractivity contribution in [1.29, 1.82) is 0 Å². The third-order valence-corrected chi connectivity index (χ3v) is 6.82. The van der Waals surface area contributed by atoms with Crippen molar-refractivity contribution in [3.05, 3.63) is 83.3 Å². The number of hydrogen-bond acceptors (Lipinski definition) is 5. The lowest BCUT2D eigenvalue weighted by atomic mass is 10.2. The number of imidazole rings is 1. The van der Waals surface area contributed by atoms with E-state index in [0.717, 1.165) is 73.1 Å². The second-order valence-corrected chi connectivity index (χ2v) is 8.81. The minimum atomic E-state index is -0.00245. The van der Waals surface area contributed by atoms with Crippen molar-refractivity contribution in [2.75, 3.05) is 51.8 Å². The fraction of sp³-hybridized carbons (Fsp3) is 0.321. The zero-order valence-corrected chi connectivity index (χ0v) is 20.4. The van der Waals surface area contributed by atoms with Crippen molar-refractivity contribution in [3.63, 3.8) is 0 Å². The highest BCUT2D eigenvalue weighted by Crippen LogP contribution is 2.28. The number of methoxy groups -OCH3 is 2. The quantitative estimate of drug-likeness (QED) is 0.388. The van der Waals surface area contributed by atoms with Crippen LogP contribution in [0.2, 0.25) is 0 Å². The number of aromatic nitrogens is 2. The number of piperazine rings is 1. The van der Waals surface area contributed by atoms with Crippen LogP contribution in [0, 0.1) is 0 Å². The van der Waals surface area contributed by atoms with E-state index in [2.05, 4.69) is 21.9 Å². The summed E-state index contributed by atoms with van der Waals surface area (Å²) in [6, 6.07) is 23.9. The topological polar surface area (TPSA) is 51.9 Å². The Kier molecular flexibility index (Phi) is 6.77. The molecule has 1 aliphatic heterocycles. The van der Waals surface area contributed by atoms with Crippen LogP contribution in [0.4, 0.5) is 5.69 Å². The van der Waals surface area contributed by atoms with Gasteiger partial charge in [0, 0.05) is 32.7 Å². The number of rotatable bonds is 8. The average molecular weight is 473 g/mol. The second kappa shape index (κ2) is 10.3. The van der Waals surface area contributed by atoms with Crippen LogP contribution in [0.5, 0.6) is 11.5 Å². The van der Waals surface area contributed by atoms with Crippen molar-refractivity contribution >= 4 is 16.7 Å². The van der Waals surface area contributed by atoms with Gasteiger partial charge in [-0.2, -0.15) is 0 Å². The summed E-state index contributed by atoms with van der Waals surface area (Å²) in [5.74, 6) is 1.70. The average Bonchev–Trinajstić information content (AvgIpc) is 3.20. The Morgan fingerprint density at radius 3 is 2.14 bits per heavy atom. The van der Waals surface area contributed by atoms with E-state index < -0.39 is 0 Å². The first-order valence-corrected chi connectivity index (χ1v) is 12.1. The molecule has 2 heterocycles. The molecular formula is C28H32N4O3. The fourth-order valence-corrected chi connectivity index (χ4v) is 4.96. The number of para-hydroxylation sites is 4. The number of ether oxygens (including phenoxy) is 2. The van der Waals surface area contributed by atoms with Gasteiger partial charge in [0.15, 0.2) is 0 Å². The Balaban J connectivity index is 1.26. The summed E-state index contributed by atoms with van der Waals surface area (Å²) in [6.07, 6.45) is 0.922. The van der Waals surface area contributed by atoms with E-state index in [4.69, 9.17) is 9.47 Å². The molecule has 1 aromatic heterocycles. The molecule has 5 rings (SSSR count). The second-order valence-electron chi connectivity index (χ2n) is 8.81. The molecule has 0 saturated carbocycles. The highest BCUT2D eigenvalue weighted by molar-refractivity contribution is 5.78. The van der Waals surface area contributed by atoms with Crippen molar-refractivity contribution in [3.8, 4) is 17.2 Å². The molecule has 182 valence electrons. The zero-order chi connectivity index (χ0) is 24.2. The van der Waals surface area contributed by atoms with Gasteiger partial charge in [0.1, 0.15) is 11.5 Å². The third-order valence-electron chi connectivity index (χ3n) is 6.82. The molecule has 3 aromatic carbocycles. The molecule has 1 saturated heterocycles. The van der Waals surface area contributed by atoms with Gasteiger partial charge >= 0.3 is 5.69 Å². The lowest BCUT2D eigenvalue weighted by Gasteiger charge is -2.36. The minimum Gasteiger partial charge on any atom is -0.497 e. The van der Waals surface area contributed by atoms with Crippen LogP contribution in [0.3, 0.4) is 0 Å². The van der Waals surface area contributed by atoms with Crippen LogP contribution in [-0.2, 0) is 6.54 Å². The van der Waals surface area contributed by atoms with E-state index in [1.54, 1.807) is 18.8 Å². The smallest absolute Gasteiger partial charge is 0.333 e. The Labute approximate surface area is 205 Å². The van der Waals surface area contributed by atoms with Crippen LogP contribution in [0.25, 0.3) is 16.7 Å². The molecule has 0 atom stereocenters. The van der Waals surface area contributed by atoms with Gasteiger partial charge in [-0.25, -0.2) is 4.79 Å². The summed E-state index contributed by atoms with van der Waals surface area (Å²) in [6.45, 7) is 5.60. The van der Waals surface area contributed by atoms with Gasteiger partial charge in [0.05, 0.1) is 36.6 Å². The summed E-state index contributed by atoms with van der Waals surface area (Å²) < 4.78 is 14.5. The van der Waals surface area contributed by atoms with Crippen LogP contribution < -0.4 is 20.1 Å². The van der Waals surface area contributed by atoms with Gasteiger partial charge in [-0.1, -0.05) is 24.3 Å². The number of nitrogens with zero attached hydrogens (tertiary/aromatic N) is 4. The van der Waals surface area contributed by atoms with E-state index in [-0.39, 0.29) is 5.69 Å². The first kappa shape index (κ1) is 23.1. The molecule has 0 radical (unpaired) electrons. The Hall–Kier alpha value is -3.71. The molecule has 1 fully saturated rings. The Morgan fingerprint density at radius 2 is 1.43 bits per heavy atom. The number of fused-ring (bicyclic) bond motifs is 1. The predicted molar refractivity (Wildman–Crippen MR) is 140 cm³/mol. The first-order chi connectivity index (χ1) is 17.2. The summed E-state index contributed by atoms with van der Waals surface area (Å²) in [4.78, 5) is 18.3. The molecule has 4 aromatic rings. The van der Waals surface area contributed by atoms with Crippen LogP contribution >= 0.6 is 0 Å². The Morgan fingerprint density at radius 1 is 0.743 bits per heavy atom. The van der Waals surface area contributed by atoms with Gasteiger partial charge < -0.3 is 14.4 Å². The monoisotopic (exact) mass is 472 g/mol. The number of anilines is 1. The van der Waals surface area contributed by atoms with Gasteiger partial charge in [0.2, 0.25) is 0 Å². The van der Waals surface area contributed by atoms with E-state index in [1.807, 2.05) is 65.2 Å². The van der Waals surface area contributed by atoms with E-state index in [1.165, 1.54) is 0 Å². The summed E-state index contributed by atoms with van der Waals surface area (Å²) in [5, 5.41) is 0. The molecule has 0 amide bonds. The summed E-state index contributed by atoms with van der Waals surface area (Å²) in [5.41, 5.74) is 3.89. The number of benzene rings is 3. The van der Waals surface area contributed by atoms with Crippen LogP contribution in [0.1, 0.15) is 6.42 Å². The molecule has 7 nitrogen and oxygen atoms in total. The number of aryl methyl sites for hydroxylation is 1. The molecule has 0 N–H and O–H groups in total. The minimum absolute atomic E-state index is 0.00245. The molecule has 0 spiro atoms.